The monoisotopic (exact) mass is 444 g/mol. The summed E-state index contributed by atoms with van der Waals surface area (Å²) in [7, 11) is 0. The largest absolute Gasteiger partial charge is 0.465 e. The summed E-state index contributed by atoms with van der Waals surface area (Å²) in [5.74, 6) is -0.287. The molecular weight excluding hydrogens is 420 g/mol. The van der Waals surface area contributed by atoms with E-state index in [-0.39, 0.29) is 24.3 Å². The number of hydrogen-bond donors (Lipinski definition) is 2. The van der Waals surface area contributed by atoms with E-state index in [1.807, 2.05) is 44.2 Å². The normalized spacial score (nSPS) is 17.6. The highest BCUT2D eigenvalue weighted by Gasteiger charge is 2.42. The number of aliphatic hydroxyl groups is 1. The Hall–Kier alpha value is -2.42. The van der Waals surface area contributed by atoms with Crippen molar-refractivity contribution in [2.45, 2.75) is 32.4 Å². The minimum Gasteiger partial charge on any atom is -0.465 e. The topological polar surface area (TPSA) is 82.8 Å². The standard InChI is InChI=1S/C22H24N2O4S2/c1-14(2)19(20(26)23-16(13-25)11-15-7-4-3-5-8-15)24-21(27)18(30-22(24)29)12-17-9-6-10-28-17/h3-10,12,14,16,19,25H,11,13H2,1-2H3,(H,23,26)/b18-12-/t16-,19+/m1/s1. The maximum absolute atomic E-state index is 13.1. The van der Waals surface area contributed by atoms with Gasteiger partial charge in [-0.05, 0) is 30.0 Å². The van der Waals surface area contributed by atoms with E-state index in [1.54, 1.807) is 18.2 Å². The number of nitrogens with one attached hydrogen (secondary N) is 1. The SMILES string of the molecule is CC(C)[C@@H](C(=O)N[C@@H](CO)Cc1ccccc1)N1C(=O)/C(=C/c2ccco2)SC1=S. The smallest absolute Gasteiger partial charge is 0.267 e. The maximum Gasteiger partial charge on any atom is 0.267 e. The minimum atomic E-state index is -0.773. The third-order valence-corrected chi connectivity index (χ3v) is 6.04. The maximum atomic E-state index is 13.1. The number of nitrogens with zero attached hydrogens (tertiary/aromatic N) is 1. The zero-order valence-electron chi connectivity index (χ0n) is 16.8. The van der Waals surface area contributed by atoms with Gasteiger partial charge in [-0.1, -0.05) is 68.2 Å². The summed E-state index contributed by atoms with van der Waals surface area (Å²) < 4.78 is 5.61. The van der Waals surface area contributed by atoms with Gasteiger partial charge in [0.1, 0.15) is 16.1 Å². The Morgan fingerprint density at radius 3 is 2.60 bits per heavy atom. The van der Waals surface area contributed by atoms with Crippen LogP contribution in [0.15, 0.2) is 58.1 Å². The molecule has 1 fully saturated rings. The second kappa shape index (κ2) is 10.1. The Morgan fingerprint density at radius 1 is 1.27 bits per heavy atom. The zero-order valence-corrected chi connectivity index (χ0v) is 18.4. The van der Waals surface area contributed by atoms with E-state index in [4.69, 9.17) is 16.6 Å². The number of aliphatic hydroxyl groups excluding tert-OH is 1. The third-order valence-electron chi connectivity index (χ3n) is 4.71. The number of hydrogen-bond acceptors (Lipinski definition) is 6. The van der Waals surface area contributed by atoms with Gasteiger partial charge >= 0.3 is 0 Å². The molecule has 1 aromatic carbocycles. The molecule has 158 valence electrons. The predicted octanol–water partition coefficient (Wildman–Crippen LogP) is 3.23. The van der Waals surface area contributed by atoms with Crippen LogP contribution in [0.2, 0.25) is 0 Å². The lowest BCUT2D eigenvalue weighted by Crippen LogP contribution is -2.54. The van der Waals surface area contributed by atoms with Crippen LogP contribution >= 0.6 is 24.0 Å². The van der Waals surface area contributed by atoms with E-state index in [0.29, 0.717) is 21.4 Å². The Morgan fingerprint density at radius 2 is 2.00 bits per heavy atom. The second-order valence-corrected chi connectivity index (χ2v) is 9.01. The molecule has 30 heavy (non-hydrogen) atoms. The van der Waals surface area contributed by atoms with Crippen molar-refractivity contribution in [1.82, 2.24) is 10.2 Å². The van der Waals surface area contributed by atoms with Crippen molar-refractivity contribution in [2.24, 2.45) is 5.92 Å². The molecule has 0 saturated carbocycles. The molecule has 0 radical (unpaired) electrons. The molecule has 1 aliphatic heterocycles. The van der Waals surface area contributed by atoms with Gasteiger partial charge in [-0.2, -0.15) is 0 Å². The van der Waals surface area contributed by atoms with Crippen molar-refractivity contribution in [3.63, 3.8) is 0 Å². The van der Waals surface area contributed by atoms with Crippen LogP contribution in [0.4, 0.5) is 0 Å². The van der Waals surface area contributed by atoms with Crippen molar-refractivity contribution in [2.75, 3.05) is 6.61 Å². The first-order chi connectivity index (χ1) is 14.4. The van der Waals surface area contributed by atoms with E-state index in [0.717, 1.165) is 17.3 Å². The number of benzene rings is 1. The second-order valence-electron chi connectivity index (χ2n) is 7.33. The van der Waals surface area contributed by atoms with Crippen LogP contribution in [-0.2, 0) is 16.0 Å². The number of carbonyl (C=O) groups is 2. The fourth-order valence-corrected chi connectivity index (χ4v) is 4.60. The Labute approximate surface area is 185 Å². The molecule has 3 rings (SSSR count). The van der Waals surface area contributed by atoms with E-state index in [1.165, 1.54) is 11.2 Å². The molecule has 2 heterocycles. The van der Waals surface area contributed by atoms with Crippen molar-refractivity contribution in [1.29, 1.82) is 0 Å². The quantitative estimate of drug-likeness (QED) is 0.481. The zero-order chi connectivity index (χ0) is 21.7. The first-order valence-corrected chi connectivity index (χ1v) is 10.9. The lowest BCUT2D eigenvalue weighted by molar-refractivity contribution is -0.134. The molecule has 1 aromatic heterocycles. The molecule has 2 amide bonds. The van der Waals surface area contributed by atoms with Gasteiger partial charge < -0.3 is 14.8 Å². The molecule has 1 saturated heterocycles. The van der Waals surface area contributed by atoms with Gasteiger partial charge in [-0.15, -0.1) is 0 Å². The lowest BCUT2D eigenvalue weighted by atomic mass is 10.00. The van der Waals surface area contributed by atoms with Gasteiger partial charge in [-0.3, -0.25) is 14.5 Å². The van der Waals surface area contributed by atoms with E-state index in [9.17, 15) is 14.7 Å². The highest BCUT2D eigenvalue weighted by Crippen LogP contribution is 2.35. The number of rotatable bonds is 8. The van der Waals surface area contributed by atoms with Crippen molar-refractivity contribution in [3.8, 4) is 0 Å². The predicted molar refractivity (Wildman–Crippen MR) is 122 cm³/mol. The molecular formula is C22H24N2O4S2. The van der Waals surface area contributed by atoms with E-state index in [2.05, 4.69) is 5.32 Å². The molecule has 2 atom stereocenters. The molecule has 8 heteroatoms. The molecule has 0 spiro atoms. The fraction of sp³-hybridized carbons (Fsp3) is 0.318. The van der Waals surface area contributed by atoms with Gasteiger partial charge in [0.05, 0.1) is 23.8 Å². The van der Waals surface area contributed by atoms with Crippen LogP contribution in [-0.4, -0.2) is 44.8 Å². The Kier molecular flexibility index (Phi) is 7.47. The van der Waals surface area contributed by atoms with Crippen LogP contribution in [0.25, 0.3) is 6.08 Å². The summed E-state index contributed by atoms with van der Waals surface area (Å²) in [5, 5.41) is 12.7. The fourth-order valence-electron chi connectivity index (χ4n) is 3.29. The van der Waals surface area contributed by atoms with Crippen molar-refractivity contribution < 1.29 is 19.1 Å². The molecule has 0 bridgehead atoms. The van der Waals surface area contributed by atoms with Crippen molar-refractivity contribution >= 4 is 46.2 Å². The summed E-state index contributed by atoms with van der Waals surface area (Å²) in [5.41, 5.74) is 1.00. The van der Waals surface area contributed by atoms with Gasteiger partial charge in [-0.25, -0.2) is 0 Å². The average Bonchev–Trinajstić information content (AvgIpc) is 3.32. The number of carbonyl (C=O) groups excluding carboxylic acids is 2. The van der Waals surface area contributed by atoms with Gasteiger partial charge in [0, 0.05) is 6.08 Å². The first-order valence-electron chi connectivity index (χ1n) is 9.66. The molecule has 0 aliphatic carbocycles. The van der Waals surface area contributed by atoms with E-state index < -0.39 is 12.1 Å². The average molecular weight is 445 g/mol. The third kappa shape index (κ3) is 5.19. The summed E-state index contributed by atoms with van der Waals surface area (Å²) in [6.07, 6.45) is 3.64. The minimum absolute atomic E-state index is 0.175. The molecule has 0 unspecified atom stereocenters. The summed E-state index contributed by atoms with van der Waals surface area (Å²) >= 11 is 6.57. The Bertz CT molecular complexity index is 926. The van der Waals surface area contributed by atoms with Crippen molar-refractivity contribution in [3.05, 3.63) is 65.0 Å². The summed E-state index contributed by atoms with van der Waals surface area (Å²) in [6, 6.07) is 11.9. The summed E-state index contributed by atoms with van der Waals surface area (Å²) in [4.78, 5) is 27.9. The van der Waals surface area contributed by atoms with Gasteiger partial charge in [0.15, 0.2) is 0 Å². The van der Waals surface area contributed by atoms with Crippen LogP contribution in [0.5, 0.6) is 0 Å². The van der Waals surface area contributed by atoms with Crippen LogP contribution in [0, 0.1) is 5.92 Å². The summed E-state index contributed by atoms with van der Waals surface area (Å²) in [6.45, 7) is 3.52. The number of thiocarbonyl (C=S) groups is 1. The number of amides is 2. The Balaban J connectivity index is 1.76. The van der Waals surface area contributed by atoms with Crippen LogP contribution < -0.4 is 5.32 Å². The van der Waals surface area contributed by atoms with Gasteiger partial charge in [0.25, 0.3) is 5.91 Å². The molecule has 1 aliphatic rings. The van der Waals surface area contributed by atoms with E-state index >= 15 is 0 Å². The van der Waals surface area contributed by atoms with Gasteiger partial charge in [0.2, 0.25) is 5.91 Å². The molecule has 2 aromatic rings. The molecule has 2 N–H and O–H groups in total. The number of furan rings is 1. The van der Waals surface area contributed by atoms with Crippen LogP contribution in [0.3, 0.4) is 0 Å². The highest BCUT2D eigenvalue weighted by atomic mass is 32.2. The van der Waals surface area contributed by atoms with Crippen LogP contribution in [0.1, 0.15) is 25.2 Å². The number of thioether (sulfide) groups is 1. The highest BCUT2D eigenvalue weighted by molar-refractivity contribution is 8.26. The first kappa shape index (κ1) is 22.3. The lowest BCUT2D eigenvalue weighted by Gasteiger charge is -2.30. The molecule has 6 nitrogen and oxygen atoms in total.